The monoisotopic (exact) mass is 269 g/mol. The number of nitrogen functional groups attached to an aromatic ring is 1. The van der Waals surface area contributed by atoms with Crippen molar-refractivity contribution in [3.8, 4) is 6.01 Å². The molecule has 1 aliphatic heterocycles. The number of hydrogen-bond donors (Lipinski definition) is 2. The lowest BCUT2D eigenvalue weighted by atomic mass is 10.2. The molecule has 3 N–H and O–H groups in total. The fourth-order valence-electron chi connectivity index (χ4n) is 1.82. The molecule has 1 atom stereocenters. The summed E-state index contributed by atoms with van der Waals surface area (Å²) in [6.07, 6.45) is 0.859. The minimum absolute atomic E-state index is 0.0310. The Morgan fingerprint density at radius 3 is 3.05 bits per heavy atom. The molecule has 106 valence electrons. The lowest BCUT2D eigenvalue weighted by molar-refractivity contribution is 0.0717. The fraction of sp³-hybridized carbons (Fsp3) is 0.727. The number of hydrogen-bond acceptors (Lipinski definition) is 8. The molecule has 8 heteroatoms. The predicted molar refractivity (Wildman–Crippen MR) is 69.1 cm³/mol. The summed E-state index contributed by atoms with van der Waals surface area (Å²) in [5, 5.41) is 9.35. The number of nitrogens with zero attached hydrogens (tertiary/aromatic N) is 4. The molecule has 1 aliphatic rings. The van der Waals surface area contributed by atoms with E-state index in [0.717, 1.165) is 6.42 Å². The Morgan fingerprint density at radius 2 is 2.32 bits per heavy atom. The summed E-state index contributed by atoms with van der Waals surface area (Å²) < 4.78 is 10.7. The summed E-state index contributed by atoms with van der Waals surface area (Å²) in [5.41, 5.74) is 5.66. The highest BCUT2D eigenvalue weighted by atomic mass is 16.5. The lowest BCUT2D eigenvalue weighted by Crippen LogP contribution is -2.48. The molecule has 1 saturated heterocycles. The van der Waals surface area contributed by atoms with Gasteiger partial charge in [-0.2, -0.15) is 15.0 Å². The van der Waals surface area contributed by atoms with Gasteiger partial charge in [0.15, 0.2) is 0 Å². The van der Waals surface area contributed by atoms with Crippen molar-refractivity contribution < 1.29 is 14.6 Å². The molecule has 1 fully saturated rings. The molecule has 1 unspecified atom stereocenters. The van der Waals surface area contributed by atoms with Gasteiger partial charge in [-0.15, -0.1) is 0 Å². The molecule has 1 aromatic heterocycles. The van der Waals surface area contributed by atoms with Crippen molar-refractivity contribution in [2.24, 2.45) is 0 Å². The van der Waals surface area contributed by atoms with E-state index in [2.05, 4.69) is 15.0 Å². The molecular formula is C11H19N5O3. The van der Waals surface area contributed by atoms with E-state index in [0.29, 0.717) is 32.3 Å². The Hall–Kier alpha value is -1.67. The zero-order valence-corrected chi connectivity index (χ0v) is 10.9. The van der Waals surface area contributed by atoms with Crippen LogP contribution in [0, 0.1) is 0 Å². The van der Waals surface area contributed by atoms with E-state index in [1.54, 1.807) is 0 Å². The number of aliphatic hydroxyl groups is 1. The minimum Gasteiger partial charge on any atom is -0.463 e. The number of morpholine rings is 1. The molecule has 0 aliphatic carbocycles. The molecule has 2 rings (SSSR count). The molecule has 2 heterocycles. The molecule has 0 radical (unpaired) electrons. The van der Waals surface area contributed by atoms with Crippen molar-refractivity contribution in [1.82, 2.24) is 15.0 Å². The van der Waals surface area contributed by atoms with E-state index in [9.17, 15) is 5.11 Å². The van der Waals surface area contributed by atoms with Crippen LogP contribution in [0.15, 0.2) is 0 Å². The van der Waals surface area contributed by atoms with Crippen LogP contribution in [0.1, 0.15) is 13.3 Å². The van der Waals surface area contributed by atoms with Crippen LogP contribution in [0.25, 0.3) is 0 Å². The number of aromatic nitrogens is 3. The van der Waals surface area contributed by atoms with Crippen LogP contribution in [0.3, 0.4) is 0 Å². The van der Waals surface area contributed by atoms with E-state index in [1.165, 1.54) is 0 Å². The first-order chi connectivity index (χ1) is 9.24. The van der Waals surface area contributed by atoms with E-state index in [-0.39, 0.29) is 24.6 Å². The second-order valence-corrected chi connectivity index (χ2v) is 4.23. The highest BCUT2D eigenvalue weighted by Gasteiger charge is 2.25. The number of ether oxygens (including phenoxy) is 2. The van der Waals surface area contributed by atoms with Crippen LogP contribution in [0.4, 0.5) is 11.9 Å². The average molecular weight is 269 g/mol. The zero-order chi connectivity index (χ0) is 13.7. The van der Waals surface area contributed by atoms with E-state index in [1.807, 2.05) is 11.8 Å². The number of rotatable bonds is 5. The van der Waals surface area contributed by atoms with Gasteiger partial charge in [0.1, 0.15) is 0 Å². The first-order valence-corrected chi connectivity index (χ1v) is 6.34. The standard InChI is InChI=1S/C11H19N5O3/c1-2-4-19-11-14-9(12)13-10(15-11)16-3-5-18-7-8(16)6-17/h8,17H,2-7H2,1H3,(H2,12,13,14,15). The van der Waals surface area contributed by atoms with Crippen LogP contribution >= 0.6 is 0 Å². The van der Waals surface area contributed by atoms with Crippen LogP contribution in [0.2, 0.25) is 0 Å². The van der Waals surface area contributed by atoms with Gasteiger partial charge in [-0.25, -0.2) is 0 Å². The summed E-state index contributed by atoms with van der Waals surface area (Å²) in [5.74, 6) is 0.528. The first kappa shape index (κ1) is 13.8. The third-order valence-electron chi connectivity index (χ3n) is 2.75. The summed E-state index contributed by atoms with van der Waals surface area (Å²) >= 11 is 0. The van der Waals surface area contributed by atoms with Gasteiger partial charge in [-0.05, 0) is 6.42 Å². The highest BCUT2D eigenvalue weighted by Crippen LogP contribution is 2.18. The predicted octanol–water partition coefficient (Wildman–Crippen LogP) is -0.560. The van der Waals surface area contributed by atoms with Crippen LogP contribution in [0.5, 0.6) is 6.01 Å². The highest BCUT2D eigenvalue weighted by molar-refractivity contribution is 5.37. The van der Waals surface area contributed by atoms with Gasteiger partial charge < -0.3 is 25.2 Å². The third-order valence-corrected chi connectivity index (χ3v) is 2.75. The number of anilines is 2. The van der Waals surface area contributed by atoms with Crippen LogP contribution < -0.4 is 15.4 Å². The quantitative estimate of drug-likeness (QED) is 0.732. The van der Waals surface area contributed by atoms with Crippen molar-refractivity contribution in [3.63, 3.8) is 0 Å². The summed E-state index contributed by atoms with van der Waals surface area (Å²) in [4.78, 5) is 14.1. The molecular weight excluding hydrogens is 250 g/mol. The molecule has 19 heavy (non-hydrogen) atoms. The Kier molecular flexibility index (Phi) is 4.69. The molecule has 0 spiro atoms. The largest absolute Gasteiger partial charge is 0.463 e. The van der Waals surface area contributed by atoms with Gasteiger partial charge in [0.25, 0.3) is 0 Å². The molecule has 8 nitrogen and oxygen atoms in total. The topological polar surface area (TPSA) is 107 Å². The van der Waals surface area contributed by atoms with Crippen molar-refractivity contribution in [2.45, 2.75) is 19.4 Å². The Balaban J connectivity index is 2.19. The molecule has 0 bridgehead atoms. The Bertz CT molecular complexity index is 417. The van der Waals surface area contributed by atoms with Crippen LogP contribution in [-0.2, 0) is 4.74 Å². The van der Waals surface area contributed by atoms with E-state index < -0.39 is 0 Å². The second-order valence-electron chi connectivity index (χ2n) is 4.23. The van der Waals surface area contributed by atoms with Crippen molar-refractivity contribution in [3.05, 3.63) is 0 Å². The zero-order valence-electron chi connectivity index (χ0n) is 10.9. The van der Waals surface area contributed by atoms with Gasteiger partial charge >= 0.3 is 6.01 Å². The lowest BCUT2D eigenvalue weighted by Gasteiger charge is -2.34. The Labute approximate surface area is 111 Å². The second kappa shape index (κ2) is 6.48. The summed E-state index contributed by atoms with van der Waals surface area (Å²) in [6, 6.07) is 0.0436. The van der Waals surface area contributed by atoms with Gasteiger partial charge in [-0.3, -0.25) is 0 Å². The first-order valence-electron chi connectivity index (χ1n) is 6.34. The summed E-state index contributed by atoms with van der Waals surface area (Å²) in [7, 11) is 0. The molecule has 1 aromatic rings. The van der Waals surface area contributed by atoms with Gasteiger partial charge in [-0.1, -0.05) is 6.92 Å². The summed E-state index contributed by atoms with van der Waals surface area (Å²) in [6.45, 7) is 4.09. The van der Waals surface area contributed by atoms with E-state index in [4.69, 9.17) is 15.2 Å². The average Bonchev–Trinajstić information content (AvgIpc) is 2.44. The maximum Gasteiger partial charge on any atom is 0.323 e. The normalized spacial score (nSPS) is 19.5. The Morgan fingerprint density at radius 1 is 1.47 bits per heavy atom. The fourth-order valence-corrected chi connectivity index (χ4v) is 1.82. The molecule has 0 aromatic carbocycles. The van der Waals surface area contributed by atoms with Gasteiger partial charge in [0.2, 0.25) is 11.9 Å². The maximum absolute atomic E-state index is 9.35. The number of aliphatic hydroxyl groups excluding tert-OH is 1. The maximum atomic E-state index is 9.35. The van der Waals surface area contributed by atoms with Crippen molar-refractivity contribution in [1.29, 1.82) is 0 Å². The SMILES string of the molecule is CCCOc1nc(N)nc(N2CCOCC2CO)n1. The van der Waals surface area contributed by atoms with Gasteiger partial charge in [0.05, 0.1) is 32.5 Å². The molecule has 0 amide bonds. The van der Waals surface area contributed by atoms with Crippen molar-refractivity contribution in [2.75, 3.05) is 43.6 Å². The van der Waals surface area contributed by atoms with E-state index >= 15 is 0 Å². The smallest absolute Gasteiger partial charge is 0.323 e. The third kappa shape index (κ3) is 3.42. The van der Waals surface area contributed by atoms with Gasteiger partial charge in [0, 0.05) is 6.54 Å². The minimum atomic E-state index is -0.172. The van der Waals surface area contributed by atoms with Crippen molar-refractivity contribution >= 4 is 11.9 Å². The molecule has 0 saturated carbocycles. The number of nitrogens with two attached hydrogens (primary N) is 1. The van der Waals surface area contributed by atoms with Crippen LogP contribution in [-0.4, -0.2) is 59.1 Å².